The smallest absolute Gasteiger partial charge is 0.245 e. The van der Waals surface area contributed by atoms with Crippen LogP contribution in [0.3, 0.4) is 0 Å². The van der Waals surface area contributed by atoms with E-state index in [9.17, 15) is 14.7 Å². The molecule has 2 fully saturated rings. The van der Waals surface area contributed by atoms with Crippen LogP contribution in [0.2, 0.25) is 0 Å². The highest BCUT2D eigenvalue weighted by Crippen LogP contribution is 2.23. The van der Waals surface area contributed by atoms with Crippen LogP contribution in [0.4, 0.5) is 0 Å². The van der Waals surface area contributed by atoms with Crippen molar-refractivity contribution in [2.75, 3.05) is 19.6 Å². The van der Waals surface area contributed by atoms with E-state index in [4.69, 9.17) is 0 Å². The number of carbonyl (C=O) groups excluding carboxylic acids is 2. The Balaban J connectivity index is 1.84. The molecule has 0 aromatic heterocycles. The SMILES string of the molecule is CC(O)CCCCN1CC(=O)N2CCCCC2C1=O. The molecule has 108 valence electrons. The Morgan fingerprint density at radius 1 is 1.32 bits per heavy atom. The molecule has 1 N–H and O–H groups in total. The van der Waals surface area contributed by atoms with E-state index in [0.29, 0.717) is 6.54 Å². The van der Waals surface area contributed by atoms with Gasteiger partial charge in [-0.3, -0.25) is 9.59 Å². The Morgan fingerprint density at radius 2 is 2.11 bits per heavy atom. The first kappa shape index (κ1) is 14.3. The van der Waals surface area contributed by atoms with Gasteiger partial charge < -0.3 is 14.9 Å². The van der Waals surface area contributed by atoms with Gasteiger partial charge in [0.1, 0.15) is 6.04 Å². The molecule has 0 bridgehead atoms. The molecule has 0 aliphatic carbocycles. The average Bonchev–Trinajstić information content (AvgIpc) is 2.40. The summed E-state index contributed by atoms with van der Waals surface area (Å²) in [5.74, 6) is 0.219. The fourth-order valence-corrected chi connectivity index (χ4v) is 2.96. The lowest BCUT2D eigenvalue weighted by Gasteiger charge is -2.42. The molecule has 0 saturated carbocycles. The zero-order chi connectivity index (χ0) is 13.8. The highest BCUT2D eigenvalue weighted by molar-refractivity contribution is 5.95. The molecule has 2 unspecified atom stereocenters. The number of nitrogens with zero attached hydrogens (tertiary/aromatic N) is 2. The molecule has 2 amide bonds. The third-order valence-electron chi connectivity index (χ3n) is 4.05. The summed E-state index contributed by atoms with van der Waals surface area (Å²) in [7, 11) is 0. The summed E-state index contributed by atoms with van der Waals surface area (Å²) in [5.41, 5.74) is 0. The third kappa shape index (κ3) is 3.47. The molecule has 2 atom stereocenters. The average molecular weight is 268 g/mol. The largest absolute Gasteiger partial charge is 0.393 e. The number of hydrogen-bond acceptors (Lipinski definition) is 3. The second-order valence-electron chi connectivity index (χ2n) is 5.70. The second-order valence-corrected chi connectivity index (χ2v) is 5.70. The van der Waals surface area contributed by atoms with Crippen molar-refractivity contribution in [1.82, 2.24) is 9.80 Å². The van der Waals surface area contributed by atoms with E-state index in [2.05, 4.69) is 0 Å². The number of carbonyl (C=O) groups is 2. The van der Waals surface area contributed by atoms with Gasteiger partial charge in [-0.15, -0.1) is 0 Å². The van der Waals surface area contributed by atoms with Crippen LogP contribution in [0.5, 0.6) is 0 Å². The summed E-state index contributed by atoms with van der Waals surface area (Å²) < 4.78 is 0. The van der Waals surface area contributed by atoms with E-state index in [1.165, 1.54) is 0 Å². The fourth-order valence-electron chi connectivity index (χ4n) is 2.96. The van der Waals surface area contributed by atoms with Gasteiger partial charge in [0.05, 0.1) is 12.6 Å². The maximum absolute atomic E-state index is 12.3. The van der Waals surface area contributed by atoms with E-state index in [1.54, 1.807) is 16.7 Å². The van der Waals surface area contributed by atoms with Crippen molar-refractivity contribution in [3.63, 3.8) is 0 Å². The zero-order valence-electron chi connectivity index (χ0n) is 11.7. The van der Waals surface area contributed by atoms with Crippen molar-refractivity contribution in [3.05, 3.63) is 0 Å². The predicted octanol–water partition coefficient (Wildman–Crippen LogP) is 0.761. The molecule has 2 heterocycles. The van der Waals surface area contributed by atoms with Crippen LogP contribution in [0.1, 0.15) is 45.4 Å². The van der Waals surface area contributed by atoms with E-state index in [0.717, 1.165) is 45.1 Å². The quantitative estimate of drug-likeness (QED) is 0.749. The van der Waals surface area contributed by atoms with Crippen molar-refractivity contribution in [2.24, 2.45) is 0 Å². The van der Waals surface area contributed by atoms with Gasteiger partial charge in [0.15, 0.2) is 0 Å². The Bertz CT molecular complexity index is 344. The maximum Gasteiger partial charge on any atom is 0.245 e. The van der Waals surface area contributed by atoms with Crippen LogP contribution in [0.15, 0.2) is 0 Å². The predicted molar refractivity (Wildman–Crippen MR) is 71.5 cm³/mol. The van der Waals surface area contributed by atoms with Crippen molar-refractivity contribution in [3.8, 4) is 0 Å². The molecule has 0 spiro atoms. The maximum atomic E-state index is 12.3. The molecular formula is C14H24N2O3. The molecule has 2 aliphatic heterocycles. The molecule has 0 aromatic rings. The van der Waals surface area contributed by atoms with Gasteiger partial charge >= 0.3 is 0 Å². The van der Waals surface area contributed by atoms with Crippen molar-refractivity contribution in [1.29, 1.82) is 0 Å². The molecule has 0 aromatic carbocycles. The summed E-state index contributed by atoms with van der Waals surface area (Å²) >= 11 is 0. The lowest BCUT2D eigenvalue weighted by molar-refractivity contribution is -0.157. The minimum Gasteiger partial charge on any atom is -0.393 e. The Labute approximate surface area is 114 Å². The number of amides is 2. The van der Waals surface area contributed by atoms with Crippen LogP contribution in [-0.2, 0) is 9.59 Å². The lowest BCUT2D eigenvalue weighted by atomic mass is 9.98. The summed E-state index contributed by atoms with van der Waals surface area (Å²) in [4.78, 5) is 27.8. The number of fused-ring (bicyclic) bond motifs is 1. The first-order valence-corrected chi connectivity index (χ1v) is 7.36. The van der Waals surface area contributed by atoms with Gasteiger partial charge in [-0.05, 0) is 45.4 Å². The van der Waals surface area contributed by atoms with E-state index in [-0.39, 0.29) is 30.5 Å². The van der Waals surface area contributed by atoms with E-state index >= 15 is 0 Å². The van der Waals surface area contributed by atoms with Gasteiger partial charge in [0.2, 0.25) is 11.8 Å². The number of piperazine rings is 1. The first-order valence-electron chi connectivity index (χ1n) is 7.36. The normalized spacial score (nSPS) is 25.5. The summed E-state index contributed by atoms with van der Waals surface area (Å²) in [5, 5.41) is 9.20. The number of aliphatic hydroxyl groups is 1. The molecular weight excluding hydrogens is 244 g/mol. The highest BCUT2D eigenvalue weighted by atomic mass is 16.3. The first-order chi connectivity index (χ1) is 9.09. The molecule has 0 radical (unpaired) electrons. The fraction of sp³-hybridized carbons (Fsp3) is 0.857. The van der Waals surface area contributed by atoms with Crippen LogP contribution in [-0.4, -0.2) is 58.5 Å². The number of aliphatic hydroxyl groups excluding tert-OH is 1. The Morgan fingerprint density at radius 3 is 2.84 bits per heavy atom. The number of hydrogen-bond donors (Lipinski definition) is 1. The topological polar surface area (TPSA) is 60.9 Å². The molecule has 2 aliphatic rings. The standard InChI is InChI=1S/C14H24N2O3/c1-11(17)6-2-4-8-15-10-13(18)16-9-5-3-7-12(16)14(15)19/h11-12,17H,2-10H2,1H3. The van der Waals surface area contributed by atoms with Crippen molar-refractivity contribution >= 4 is 11.8 Å². The van der Waals surface area contributed by atoms with Crippen LogP contribution < -0.4 is 0 Å². The summed E-state index contributed by atoms with van der Waals surface area (Å²) in [6, 6.07) is -0.202. The lowest BCUT2D eigenvalue weighted by Crippen LogP contribution is -2.61. The van der Waals surface area contributed by atoms with E-state index in [1.807, 2.05) is 0 Å². The van der Waals surface area contributed by atoms with Gasteiger partial charge in [-0.1, -0.05) is 0 Å². The minimum atomic E-state index is -0.285. The van der Waals surface area contributed by atoms with E-state index < -0.39 is 0 Å². The number of unbranched alkanes of at least 4 members (excludes halogenated alkanes) is 1. The molecule has 2 saturated heterocycles. The van der Waals surface area contributed by atoms with Crippen molar-refractivity contribution in [2.45, 2.75) is 57.6 Å². The van der Waals surface area contributed by atoms with Gasteiger partial charge in [-0.25, -0.2) is 0 Å². The Hall–Kier alpha value is -1.10. The molecule has 5 nitrogen and oxygen atoms in total. The second kappa shape index (κ2) is 6.37. The van der Waals surface area contributed by atoms with Crippen LogP contribution in [0.25, 0.3) is 0 Å². The molecule has 5 heteroatoms. The van der Waals surface area contributed by atoms with Crippen LogP contribution in [0, 0.1) is 0 Å². The van der Waals surface area contributed by atoms with Gasteiger partial charge in [-0.2, -0.15) is 0 Å². The van der Waals surface area contributed by atoms with Crippen LogP contribution >= 0.6 is 0 Å². The highest BCUT2D eigenvalue weighted by Gasteiger charge is 2.39. The van der Waals surface area contributed by atoms with Gasteiger partial charge in [0, 0.05) is 13.1 Å². The third-order valence-corrected chi connectivity index (χ3v) is 4.05. The Kier molecular flexibility index (Phi) is 4.80. The number of rotatable bonds is 5. The minimum absolute atomic E-state index is 0.0971. The summed E-state index contributed by atoms with van der Waals surface area (Å²) in [6.07, 6.45) is 5.09. The monoisotopic (exact) mass is 268 g/mol. The van der Waals surface area contributed by atoms with Crippen molar-refractivity contribution < 1.29 is 14.7 Å². The molecule has 19 heavy (non-hydrogen) atoms. The summed E-state index contributed by atoms with van der Waals surface area (Å²) in [6.45, 7) is 3.40. The number of piperidine rings is 1. The van der Waals surface area contributed by atoms with Gasteiger partial charge in [0.25, 0.3) is 0 Å². The molecule has 2 rings (SSSR count). The zero-order valence-corrected chi connectivity index (χ0v) is 11.7.